The van der Waals surface area contributed by atoms with Crippen LogP contribution in [0.3, 0.4) is 0 Å². The summed E-state index contributed by atoms with van der Waals surface area (Å²) in [7, 11) is 0. The molecule has 0 fully saturated rings. The van der Waals surface area contributed by atoms with E-state index in [1.807, 2.05) is 31.2 Å². The molecule has 0 aliphatic heterocycles. The van der Waals surface area contributed by atoms with Gasteiger partial charge in [-0.2, -0.15) is 0 Å². The molecule has 4 aromatic rings. The highest BCUT2D eigenvalue weighted by molar-refractivity contribution is 6.13. The fraction of sp³-hybridized carbons (Fsp3) is 0.0526. The molecule has 23 heavy (non-hydrogen) atoms. The number of furan rings is 1. The van der Waals surface area contributed by atoms with E-state index in [1.54, 1.807) is 12.1 Å². The Labute approximate surface area is 132 Å². The highest BCUT2D eigenvalue weighted by Gasteiger charge is 2.16. The van der Waals surface area contributed by atoms with E-state index in [9.17, 15) is 10.1 Å². The third-order valence-corrected chi connectivity index (χ3v) is 4.12. The molecule has 0 atom stereocenters. The van der Waals surface area contributed by atoms with Crippen molar-refractivity contribution in [3.8, 4) is 11.1 Å². The zero-order valence-electron chi connectivity index (χ0n) is 12.4. The van der Waals surface area contributed by atoms with Crippen molar-refractivity contribution in [2.24, 2.45) is 0 Å². The van der Waals surface area contributed by atoms with E-state index >= 15 is 0 Å². The van der Waals surface area contributed by atoms with Crippen LogP contribution >= 0.6 is 0 Å². The SMILES string of the molecule is Cc1oc2ccc3ccccc3c2c1-c1ccc([N+](=O)[O-])cc1. The Morgan fingerprint density at radius 3 is 2.43 bits per heavy atom. The Morgan fingerprint density at radius 1 is 0.957 bits per heavy atom. The second kappa shape index (κ2) is 4.95. The van der Waals surface area contributed by atoms with Gasteiger partial charge < -0.3 is 4.42 Å². The first kappa shape index (κ1) is 13.5. The van der Waals surface area contributed by atoms with Crippen molar-refractivity contribution in [1.82, 2.24) is 0 Å². The van der Waals surface area contributed by atoms with Gasteiger partial charge in [0.1, 0.15) is 11.3 Å². The Bertz CT molecular complexity index is 1050. The van der Waals surface area contributed by atoms with Crippen LogP contribution in [-0.4, -0.2) is 4.92 Å². The lowest BCUT2D eigenvalue weighted by Crippen LogP contribution is -1.87. The number of rotatable bonds is 2. The number of hydrogen-bond donors (Lipinski definition) is 0. The Balaban J connectivity index is 2.04. The molecule has 0 unspecified atom stereocenters. The largest absolute Gasteiger partial charge is 0.461 e. The number of nitro benzene ring substituents is 1. The van der Waals surface area contributed by atoms with E-state index < -0.39 is 0 Å². The van der Waals surface area contributed by atoms with Crippen LogP contribution in [0.15, 0.2) is 65.1 Å². The molecule has 0 radical (unpaired) electrons. The van der Waals surface area contributed by atoms with Crippen LogP contribution in [-0.2, 0) is 0 Å². The van der Waals surface area contributed by atoms with Crippen molar-refractivity contribution >= 4 is 27.4 Å². The molecule has 3 aromatic carbocycles. The van der Waals surface area contributed by atoms with Crippen molar-refractivity contribution < 1.29 is 9.34 Å². The minimum atomic E-state index is -0.389. The van der Waals surface area contributed by atoms with E-state index in [4.69, 9.17) is 4.42 Å². The monoisotopic (exact) mass is 303 g/mol. The maximum atomic E-state index is 10.8. The summed E-state index contributed by atoms with van der Waals surface area (Å²) in [5.74, 6) is 0.810. The number of nitrogens with zero attached hydrogens (tertiary/aromatic N) is 1. The Hall–Kier alpha value is -3.14. The van der Waals surface area contributed by atoms with Crippen molar-refractivity contribution in [2.45, 2.75) is 6.92 Å². The lowest BCUT2D eigenvalue weighted by molar-refractivity contribution is -0.384. The third kappa shape index (κ3) is 2.07. The number of aryl methyl sites for hydroxylation is 1. The lowest BCUT2D eigenvalue weighted by Gasteiger charge is -2.03. The molecule has 0 aliphatic rings. The number of hydrogen-bond acceptors (Lipinski definition) is 3. The van der Waals surface area contributed by atoms with Crippen LogP contribution in [0.4, 0.5) is 5.69 Å². The van der Waals surface area contributed by atoms with Gasteiger partial charge >= 0.3 is 0 Å². The minimum Gasteiger partial charge on any atom is -0.461 e. The van der Waals surface area contributed by atoms with Crippen molar-refractivity contribution in [1.29, 1.82) is 0 Å². The molecule has 0 amide bonds. The van der Waals surface area contributed by atoms with E-state index in [2.05, 4.69) is 12.1 Å². The Morgan fingerprint density at radius 2 is 1.70 bits per heavy atom. The standard InChI is InChI=1S/C19H13NO3/c1-12-18(14-6-9-15(10-7-14)20(21)22)19-16-5-3-2-4-13(16)8-11-17(19)23-12/h2-11H,1H3. The maximum absolute atomic E-state index is 10.8. The maximum Gasteiger partial charge on any atom is 0.269 e. The minimum absolute atomic E-state index is 0.0871. The first-order chi connectivity index (χ1) is 11.1. The van der Waals surface area contributed by atoms with Crippen LogP contribution < -0.4 is 0 Å². The molecule has 1 aromatic heterocycles. The van der Waals surface area contributed by atoms with Crippen LogP contribution in [0, 0.1) is 17.0 Å². The van der Waals surface area contributed by atoms with Crippen LogP contribution in [0.2, 0.25) is 0 Å². The van der Waals surface area contributed by atoms with E-state index in [0.29, 0.717) is 0 Å². The zero-order chi connectivity index (χ0) is 16.0. The first-order valence-electron chi connectivity index (χ1n) is 7.31. The van der Waals surface area contributed by atoms with Crippen LogP contribution in [0.5, 0.6) is 0 Å². The third-order valence-electron chi connectivity index (χ3n) is 4.12. The summed E-state index contributed by atoms with van der Waals surface area (Å²) in [6, 6.07) is 18.8. The number of benzene rings is 3. The summed E-state index contributed by atoms with van der Waals surface area (Å²) in [6.07, 6.45) is 0. The summed E-state index contributed by atoms with van der Waals surface area (Å²) in [6.45, 7) is 1.92. The first-order valence-corrected chi connectivity index (χ1v) is 7.31. The van der Waals surface area contributed by atoms with Crippen molar-refractivity contribution in [3.63, 3.8) is 0 Å². The van der Waals surface area contributed by atoms with Gasteiger partial charge in [0, 0.05) is 23.1 Å². The van der Waals surface area contributed by atoms with E-state index in [-0.39, 0.29) is 10.6 Å². The van der Waals surface area contributed by atoms with Crippen LogP contribution in [0.1, 0.15) is 5.76 Å². The van der Waals surface area contributed by atoms with Gasteiger partial charge in [-0.25, -0.2) is 0 Å². The summed E-state index contributed by atoms with van der Waals surface area (Å²) in [4.78, 5) is 10.5. The van der Waals surface area contributed by atoms with E-state index in [0.717, 1.165) is 38.6 Å². The molecule has 0 aliphatic carbocycles. The topological polar surface area (TPSA) is 56.3 Å². The second-order valence-corrected chi connectivity index (χ2v) is 5.50. The zero-order valence-corrected chi connectivity index (χ0v) is 12.4. The lowest BCUT2D eigenvalue weighted by atomic mass is 9.97. The van der Waals surface area contributed by atoms with Gasteiger partial charge in [-0.15, -0.1) is 0 Å². The van der Waals surface area contributed by atoms with Gasteiger partial charge in [-0.05, 0) is 41.5 Å². The highest BCUT2D eigenvalue weighted by Crippen LogP contribution is 2.39. The number of non-ortho nitro benzene ring substituents is 1. The van der Waals surface area contributed by atoms with Crippen molar-refractivity contribution in [2.75, 3.05) is 0 Å². The molecule has 4 rings (SSSR count). The molecule has 0 bridgehead atoms. The van der Waals surface area contributed by atoms with E-state index in [1.165, 1.54) is 12.1 Å². The van der Waals surface area contributed by atoms with Gasteiger partial charge in [0.15, 0.2) is 0 Å². The molecule has 4 heteroatoms. The van der Waals surface area contributed by atoms with Crippen molar-refractivity contribution in [3.05, 3.63) is 76.5 Å². The van der Waals surface area contributed by atoms with Gasteiger partial charge in [-0.1, -0.05) is 30.3 Å². The molecule has 112 valence electrons. The Kier molecular flexibility index (Phi) is 2.91. The molecule has 1 heterocycles. The van der Waals surface area contributed by atoms with Gasteiger partial charge in [0.25, 0.3) is 5.69 Å². The highest BCUT2D eigenvalue weighted by atomic mass is 16.6. The van der Waals surface area contributed by atoms with Gasteiger partial charge in [-0.3, -0.25) is 10.1 Å². The molecule has 4 nitrogen and oxygen atoms in total. The average Bonchev–Trinajstić information content (AvgIpc) is 2.91. The normalized spacial score (nSPS) is 11.2. The molecule has 0 N–H and O–H groups in total. The molecular weight excluding hydrogens is 290 g/mol. The van der Waals surface area contributed by atoms with Gasteiger partial charge in [0.2, 0.25) is 0 Å². The molecular formula is C19H13NO3. The summed E-state index contributed by atoms with van der Waals surface area (Å²) in [5.41, 5.74) is 2.83. The fourth-order valence-corrected chi connectivity index (χ4v) is 3.08. The summed E-state index contributed by atoms with van der Waals surface area (Å²) in [5, 5.41) is 14.2. The summed E-state index contributed by atoms with van der Waals surface area (Å²) >= 11 is 0. The molecule has 0 saturated heterocycles. The summed E-state index contributed by atoms with van der Waals surface area (Å²) < 4.78 is 5.91. The quantitative estimate of drug-likeness (QED) is 0.364. The predicted molar refractivity (Wildman–Crippen MR) is 90.5 cm³/mol. The number of nitro groups is 1. The smallest absolute Gasteiger partial charge is 0.269 e. The average molecular weight is 303 g/mol. The second-order valence-electron chi connectivity index (χ2n) is 5.50. The van der Waals surface area contributed by atoms with Gasteiger partial charge in [0.05, 0.1) is 4.92 Å². The predicted octanol–water partition coefficient (Wildman–Crippen LogP) is 5.47. The van der Waals surface area contributed by atoms with Crippen LogP contribution in [0.25, 0.3) is 32.9 Å². The molecule has 0 saturated carbocycles. The fourth-order valence-electron chi connectivity index (χ4n) is 3.08. The molecule has 0 spiro atoms. The number of fused-ring (bicyclic) bond motifs is 3.